The molecule has 1 aliphatic rings. The van der Waals surface area contributed by atoms with Crippen LogP contribution in [-0.4, -0.2) is 15.4 Å². The van der Waals surface area contributed by atoms with Crippen molar-refractivity contribution in [1.29, 1.82) is 0 Å². The summed E-state index contributed by atoms with van der Waals surface area (Å²) in [6, 6.07) is 12.2. The van der Waals surface area contributed by atoms with Gasteiger partial charge >= 0.3 is 0 Å². The molecule has 0 bridgehead atoms. The maximum absolute atomic E-state index is 12.7. The highest BCUT2D eigenvalue weighted by Crippen LogP contribution is 2.25. The van der Waals surface area contributed by atoms with Crippen molar-refractivity contribution in [3.63, 3.8) is 0 Å². The van der Waals surface area contributed by atoms with E-state index in [9.17, 15) is 19.7 Å². The lowest BCUT2D eigenvalue weighted by molar-refractivity contribution is -0.384. The first-order chi connectivity index (χ1) is 13.9. The zero-order valence-electron chi connectivity index (χ0n) is 15.0. The van der Waals surface area contributed by atoms with E-state index in [4.69, 9.17) is 0 Å². The molecule has 1 amide bonds. The fraction of sp³-hybridized carbons (Fsp3) is 0.111. The number of nitro benzene ring substituents is 1. The summed E-state index contributed by atoms with van der Waals surface area (Å²) in [5.41, 5.74) is 0.949. The van der Waals surface area contributed by atoms with E-state index in [2.05, 4.69) is 26.0 Å². The van der Waals surface area contributed by atoms with E-state index in [1.165, 1.54) is 35.9 Å². The number of pyridine rings is 1. The quantitative estimate of drug-likeness (QED) is 0.536. The first kappa shape index (κ1) is 18.1. The summed E-state index contributed by atoms with van der Waals surface area (Å²) in [6.07, 6.45) is -0.497. The number of carbonyl (C=O) groups excluding carboxylic acids is 1. The van der Waals surface area contributed by atoms with E-state index in [0.29, 0.717) is 16.6 Å². The highest BCUT2D eigenvalue weighted by Gasteiger charge is 2.17. The number of benzene rings is 2. The molecule has 0 saturated carbocycles. The maximum Gasteiger partial charge on any atom is 0.270 e. The molecule has 1 aromatic heterocycles. The molecule has 0 saturated heterocycles. The number of amides is 1. The molecule has 2 heterocycles. The van der Waals surface area contributed by atoms with Crippen LogP contribution in [0.4, 0.5) is 11.4 Å². The fourth-order valence-electron chi connectivity index (χ4n) is 2.98. The average Bonchev–Trinajstić information content (AvgIpc) is 3.25. The van der Waals surface area contributed by atoms with Crippen molar-refractivity contribution in [2.45, 2.75) is 6.17 Å². The summed E-state index contributed by atoms with van der Waals surface area (Å²) in [4.78, 5) is 35.7. The van der Waals surface area contributed by atoms with Gasteiger partial charge in [0.15, 0.2) is 0 Å². The van der Waals surface area contributed by atoms with Crippen LogP contribution in [0.2, 0.25) is 0 Å². The van der Waals surface area contributed by atoms with E-state index in [0.717, 1.165) is 5.56 Å². The molecular formula is C18H13N7O4. The Labute approximate surface area is 162 Å². The fourth-order valence-corrected chi connectivity index (χ4v) is 2.98. The maximum atomic E-state index is 12.7. The van der Waals surface area contributed by atoms with Gasteiger partial charge in [0, 0.05) is 35.8 Å². The Morgan fingerprint density at radius 3 is 2.45 bits per heavy atom. The molecule has 29 heavy (non-hydrogen) atoms. The van der Waals surface area contributed by atoms with E-state index in [1.54, 1.807) is 24.3 Å². The number of nitrogens with zero attached hydrogens (tertiary/aromatic N) is 6. The molecule has 11 heteroatoms. The molecule has 1 aliphatic heterocycles. The van der Waals surface area contributed by atoms with Crippen LogP contribution in [0, 0.1) is 10.1 Å². The second-order valence-corrected chi connectivity index (χ2v) is 6.28. The Morgan fingerprint density at radius 2 is 1.79 bits per heavy atom. The summed E-state index contributed by atoms with van der Waals surface area (Å²) < 4.78 is 1.28. The lowest BCUT2D eigenvalue weighted by Crippen LogP contribution is -2.27. The molecular weight excluding hydrogens is 378 g/mol. The molecule has 4 rings (SSSR count). The molecule has 1 N–H and O–H groups in total. The van der Waals surface area contributed by atoms with Crippen LogP contribution in [0.5, 0.6) is 0 Å². The second kappa shape index (κ2) is 7.03. The van der Waals surface area contributed by atoms with Crippen LogP contribution < -0.4 is 10.9 Å². The number of aryl methyl sites for hydroxylation is 1. The Balaban J connectivity index is 1.64. The van der Waals surface area contributed by atoms with Crippen LogP contribution in [0.3, 0.4) is 0 Å². The van der Waals surface area contributed by atoms with Crippen LogP contribution >= 0.6 is 0 Å². The lowest BCUT2D eigenvalue weighted by atomic mass is 10.1. The number of nitrogens with one attached hydrogen (secondary N) is 1. The van der Waals surface area contributed by atoms with Gasteiger partial charge in [0.05, 0.1) is 10.4 Å². The van der Waals surface area contributed by atoms with Gasteiger partial charge in [0.1, 0.15) is 5.56 Å². The van der Waals surface area contributed by atoms with Gasteiger partial charge in [-0.1, -0.05) is 12.1 Å². The zero-order chi connectivity index (χ0) is 20.5. The van der Waals surface area contributed by atoms with E-state index in [-0.39, 0.29) is 11.3 Å². The Bertz CT molecular complexity index is 1250. The summed E-state index contributed by atoms with van der Waals surface area (Å²) in [5.74, 6) is -0.619. The van der Waals surface area contributed by atoms with Gasteiger partial charge < -0.3 is 9.88 Å². The van der Waals surface area contributed by atoms with Gasteiger partial charge in [-0.15, -0.1) is 10.2 Å². The molecule has 11 nitrogen and oxygen atoms in total. The molecule has 0 spiro atoms. The molecule has 0 atom stereocenters. The van der Waals surface area contributed by atoms with Crippen LogP contribution in [-0.2, 0) is 7.05 Å². The molecule has 0 aliphatic carbocycles. The number of aromatic nitrogens is 1. The summed E-state index contributed by atoms with van der Waals surface area (Å²) in [7, 11) is 1.51. The van der Waals surface area contributed by atoms with Gasteiger partial charge in [-0.25, -0.2) is 0 Å². The van der Waals surface area contributed by atoms with Gasteiger partial charge in [-0.05, 0) is 34.7 Å². The topological polar surface area (TPSA) is 144 Å². The van der Waals surface area contributed by atoms with E-state index in [1.807, 2.05) is 0 Å². The average molecular weight is 391 g/mol. The van der Waals surface area contributed by atoms with Crippen LogP contribution in [0.15, 0.2) is 74.0 Å². The zero-order valence-corrected chi connectivity index (χ0v) is 15.0. The smallest absolute Gasteiger partial charge is 0.270 e. The predicted octanol–water partition coefficient (Wildman–Crippen LogP) is 3.53. The van der Waals surface area contributed by atoms with Crippen molar-refractivity contribution in [2.75, 3.05) is 5.32 Å². The molecule has 0 fully saturated rings. The number of hydrogen-bond donors (Lipinski definition) is 1. The number of fused-ring (bicyclic) bond motifs is 1. The van der Waals surface area contributed by atoms with Crippen LogP contribution in [0.25, 0.3) is 10.9 Å². The normalized spacial score (nSPS) is 13.1. The first-order valence-corrected chi connectivity index (χ1v) is 8.43. The second-order valence-electron chi connectivity index (χ2n) is 6.28. The highest BCUT2D eigenvalue weighted by atomic mass is 16.6. The van der Waals surface area contributed by atoms with Gasteiger partial charge in [-0.3, -0.25) is 19.7 Å². The Hall–Kier alpha value is -4.28. The SMILES string of the molecule is Cn1c(=O)c(C(=O)Nc2ccc(C3N=NN=N3)cc2)cc2cc([N+](=O)[O-])ccc21. The van der Waals surface area contributed by atoms with Gasteiger partial charge in [0.2, 0.25) is 6.17 Å². The van der Waals surface area contributed by atoms with Crippen molar-refractivity contribution in [3.05, 3.63) is 80.1 Å². The predicted molar refractivity (Wildman–Crippen MR) is 103 cm³/mol. The summed E-state index contributed by atoms with van der Waals surface area (Å²) in [6.45, 7) is 0. The molecule has 3 aromatic rings. The van der Waals surface area contributed by atoms with Gasteiger partial charge in [-0.2, -0.15) is 0 Å². The number of hydrogen-bond acceptors (Lipinski definition) is 8. The van der Waals surface area contributed by atoms with Crippen molar-refractivity contribution in [1.82, 2.24) is 4.57 Å². The van der Waals surface area contributed by atoms with Crippen molar-refractivity contribution in [2.24, 2.45) is 27.7 Å². The van der Waals surface area contributed by atoms with Crippen molar-refractivity contribution < 1.29 is 9.72 Å². The Morgan fingerprint density at radius 1 is 1.10 bits per heavy atom. The number of non-ortho nitro benzene ring substituents is 1. The highest BCUT2D eigenvalue weighted by molar-refractivity contribution is 6.05. The van der Waals surface area contributed by atoms with E-state index < -0.39 is 22.6 Å². The van der Waals surface area contributed by atoms with Gasteiger partial charge in [0.25, 0.3) is 17.2 Å². The third kappa shape index (κ3) is 3.36. The molecule has 144 valence electrons. The number of rotatable bonds is 4. The third-order valence-corrected chi connectivity index (χ3v) is 4.49. The molecule has 0 unspecified atom stereocenters. The number of carbonyl (C=O) groups is 1. The number of anilines is 1. The molecule has 2 aromatic carbocycles. The largest absolute Gasteiger partial charge is 0.322 e. The standard InChI is InChI=1S/C18H13N7O4/c1-24-15-7-6-13(25(28)29)8-11(15)9-14(18(24)27)17(26)19-12-4-2-10(3-5-12)16-20-22-23-21-16/h2-9,16H,1H3,(H,19,26). The van der Waals surface area contributed by atoms with Crippen molar-refractivity contribution >= 4 is 28.2 Å². The minimum atomic E-state index is -0.619. The van der Waals surface area contributed by atoms with Crippen molar-refractivity contribution in [3.8, 4) is 0 Å². The minimum Gasteiger partial charge on any atom is -0.322 e. The Kier molecular flexibility index (Phi) is 4.39. The van der Waals surface area contributed by atoms with E-state index >= 15 is 0 Å². The summed E-state index contributed by atoms with van der Waals surface area (Å²) in [5, 5.41) is 28.6. The minimum absolute atomic E-state index is 0.122. The lowest BCUT2D eigenvalue weighted by Gasteiger charge is -2.10. The first-order valence-electron chi connectivity index (χ1n) is 8.43. The van der Waals surface area contributed by atoms with Crippen LogP contribution in [0.1, 0.15) is 22.1 Å². The number of nitro groups is 1. The monoisotopic (exact) mass is 391 g/mol. The molecule has 0 radical (unpaired) electrons. The third-order valence-electron chi connectivity index (χ3n) is 4.49. The summed E-state index contributed by atoms with van der Waals surface area (Å²) >= 11 is 0.